The molecule has 2 N–H and O–H groups in total. The molecule has 0 bridgehead atoms. The van der Waals surface area contributed by atoms with E-state index in [2.05, 4.69) is 9.97 Å². The molecular weight excluding hydrogens is 392 g/mol. The van der Waals surface area contributed by atoms with Gasteiger partial charge in [-0.05, 0) is 0 Å². The van der Waals surface area contributed by atoms with Gasteiger partial charge in [-0.2, -0.15) is 0 Å². The van der Waals surface area contributed by atoms with Gasteiger partial charge in [-0.15, -0.1) is 0 Å². The molecule has 0 saturated carbocycles. The summed E-state index contributed by atoms with van der Waals surface area (Å²) >= 11 is 0. The molecular formula is C16H18N4O9. The summed E-state index contributed by atoms with van der Waals surface area (Å²) in [5.41, 5.74) is -1.57. The third-order valence-electron chi connectivity index (χ3n) is 4.08. The van der Waals surface area contributed by atoms with Crippen molar-refractivity contribution in [1.29, 1.82) is 0 Å². The van der Waals surface area contributed by atoms with Gasteiger partial charge in [-0.1, -0.05) is 0 Å². The summed E-state index contributed by atoms with van der Waals surface area (Å²) in [5, 5.41) is 0. The van der Waals surface area contributed by atoms with Crippen LogP contribution in [0.2, 0.25) is 0 Å². The van der Waals surface area contributed by atoms with Gasteiger partial charge in [0.1, 0.15) is 18.4 Å². The van der Waals surface area contributed by atoms with Crippen LogP contribution in [0.3, 0.4) is 0 Å². The van der Waals surface area contributed by atoms with Gasteiger partial charge in [0, 0.05) is 20.8 Å². The number of carbonyl (C=O) groups is 3. The van der Waals surface area contributed by atoms with Crippen LogP contribution in [0, 0.1) is 0 Å². The van der Waals surface area contributed by atoms with Gasteiger partial charge in [0.15, 0.2) is 24.0 Å². The number of fused-ring (bicyclic) bond motifs is 1. The first kappa shape index (κ1) is 20.3. The first-order valence-electron chi connectivity index (χ1n) is 8.49. The maximum Gasteiger partial charge on any atom is 0.327 e. The zero-order valence-electron chi connectivity index (χ0n) is 15.7. The number of esters is 3. The summed E-state index contributed by atoms with van der Waals surface area (Å²) in [6, 6.07) is 0. The standard InChI is InChI=1S/C16H18N4O9/c1-6(21)26-4-9-11(27-7(2)22)12(28-8(3)23)15(29-9)20-5-17-10-13(20)18-16(25)19-14(10)24/h5,9,11-12,15H,4H2,1-3H3,(H2,18,19,24,25). The fraction of sp³-hybridized carbons (Fsp3) is 0.500. The maximum atomic E-state index is 11.9. The van der Waals surface area contributed by atoms with Gasteiger partial charge in [-0.25, -0.2) is 9.78 Å². The van der Waals surface area contributed by atoms with Crippen LogP contribution < -0.4 is 11.2 Å². The van der Waals surface area contributed by atoms with Gasteiger partial charge >= 0.3 is 23.6 Å². The molecule has 1 fully saturated rings. The second kappa shape index (κ2) is 7.87. The minimum absolute atomic E-state index is 0.00983. The zero-order valence-corrected chi connectivity index (χ0v) is 15.7. The molecule has 1 aliphatic heterocycles. The summed E-state index contributed by atoms with van der Waals surface area (Å²) in [6.45, 7) is 3.22. The highest BCUT2D eigenvalue weighted by Crippen LogP contribution is 2.35. The van der Waals surface area contributed by atoms with Crippen molar-refractivity contribution in [3.05, 3.63) is 27.2 Å². The van der Waals surface area contributed by atoms with Gasteiger partial charge < -0.3 is 18.9 Å². The van der Waals surface area contributed by atoms with E-state index in [0.29, 0.717) is 0 Å². The van der Waals surface area contributed by atoms with E-state index in [1.165, 1.54) is 17.8 Å². The van der Waals surface area contributed by atoms with Crippen LogP contribution in [0.1, 0.15) is 27.0 Å². The Labute approximate surface area is 161 Å². The molecule has 1 saturated heterocycles. The quantitative estimate of drug-likeness (QED) is 0.447. The Morgan fingerprint density at radius 1 is 1.07 bits per heavy atom. The summed E-state index contributed by atoms with van der Waals surface area (Å²) in [4.78, 5) is 66.4. The second-order valence-corrected chi connectivity index (χ2v) is 6.27. The zero-order chi connectivity index (χ0) is 21.3. The van der Waals surface area contributed by atoms with Gasteiger partial charge in [0.2, 0.25) is 0 Å². The van der Waals surface area contributed by atoms with Crippen LogP contribution in [0.5, 0.6) is 0 Å². The lowest BCUT2D eigenvalue weighted by molar-refractivity contribution is -0.166. The lowest BCUT2D eigenvalue weighted by Crippen LogP contribution is -2.40. The average molecular weight is 410 g/mol. The molecule has 2 aromatic heterocycles. The molecule has 29 heavy (non-hydrogen) atoms. The highest BCUT2D eigenvalue weighted by Gasteiger charge is 2.51. The predicted octanol–water partition coefficient (Wildman–Crippen LogP) is -1.26. The van der Waals surface area contributed by atoms with E-state index < -0.39 is 53.7 Å². The normalized spacial score (nSPS) is 23.7. The Kier molecular flexibility index (Phi) is 5.50. The summed E-state index contributed by atoms with van der Waals surface area (Å²) in [6.07, 6.45) is -3.20. The molecule has 3 heterocycles. The van der Waals surface area contributed by atoms with Crippen LogP contribution >= 0.6 is 0 Å². The van der Waals surface area contributed by atoms with Crippen molar-refractivity contribution in [2.45, 2.75) is 45.3 Å². The van der Waals surface area contributed by atoms with E-state index in [1.54, 1.807) is 0 Å². The van der Waals surface area contributed by atoms with E-state index in [0.717, 1.165) is 13.8 Å². The number of aromatic nitrogens is 4. The predicted molar refractivity (Wildman–Crippen MR) is 92.6 cm³/mol. The molecule has 0 aliphatic carbocycles. The third-order valence-corrected chi connectivity index (χ3v) is 4.08. The molecule has 4 atom stereocenters. The number of ether oxygens (including phenoxy) is 4. The number of H-pyrrole nitrogens is 2. The van der Waals surface area contributed by atoms with E-state index in [4.69, 9.17) is 18.9 Å². The minimum atomic E-state index is -1.17. The first-order chi connectivity index (χ1) is 13.7. The van der Waals surface area contributed by atoms with Crippen molar-refractivity contribution < 1.29 is 33.3 Å². The van der Waals surface area contributed by atoms with Crippen LogP contribution in [-0.4, -0.2) is 62.3 Å². The molecule has 0 radical (unpaired) electrons. The maximum absolute atomic E-state index is 11.9. The van der Waals surface area contributed by atoms with Gasteiger partial charge in [0.25, 0.3) is 5.56 Å². The van der Waals surface area contributed by atoms with E-state index >= 15 is 0 Å². The largest absolute Gasteiger partial charge is 0.463 e. The number of carbonyl (C=O) groups excluding carboxylic acids is 3. The SMILES string of the molecule is CC(=O)OCC1OC(n2cnc3c(=O)[nH]c(=O)[nH]c32)C(OC(C)=O)C1OC(C)=O. The Morgan fingerprint density at radius 2 is 1.72 bits per heavy atom. The monoisotopic (exact) mass is 410 g/mol. The van der Waals surface area contributed by atoms with E-state index in [9.17, 15) is 24.0 Å². The number of rotatable bonds is 5. The average Bonchev–Trinajstić information content (AvgIpc) is 3.15. The van der Waals surface area contributed by atoms with Gasteiger partial charge in [0.05, 0.1) is 6.33 Å². The van der Waals surface area contributed by atoms with Crippen LogP contribution in [0.4, 0.5) is 0 Å². The fourth-order valence-electron chi connectivity index (χ4n) is 3.06. The highest BCUT2D eigenvalue weighted by atomic mass is 16.7. The Balaban J connectivity index is 2.06. The van der Waals surface area contributed by atoms with Crippen molar-refractivity contribution in [2.75, 3.05) is 6.61 Å². The van der Waals surface area contributed by atoms with Crippen molar-refractivity contribution in [3.8, 4) is 0 Å². The number of nitrogens with zero attached hydrogens (tertiary/aromatic N) is 2. The van der Waals surface area contributed by atoms with Crippen molar-refractivity contribution >= 4 is 29.1 Å². The Bertz CT molecular complexity index is 1070. The van der Waals surface area contributed by atoms with Crippen LogP contribution in [0.15, 0.2) is 15.9 Å². The van der Waals surface area contributed by atoms with Crippen molar-refractivity contribution in [1.82, 2.24) is 19.5 Å². The third kappa shape index (κ3) is 4.18. The Morgan fingerprint density at radius 3 is 2.34 bits per heavy atom. The molecule has 13 heteroatoms. The smallest absolute Gasteiger partial charge is 0.327 e. The number of imidazole rings is 1. The number of nitrogens with one attached hydrogen (secondary N) is 2. The molecule has 2 aromatic rings. The minimum Gasteiger partial charge on any atom is -0.463 e. The molecule has 156 valence electrons. The summed E-state index contributed by atoms with van der Waals surface area (Å²) < 4.78 is 22.6. The first-order valence-corrected chi connectivity index (χ1v) is 8.49. The topological polar surface area (TPSA) is 172 Å². The second-order valence-electron chi connectivity index (χ2n) is 6.27. The summed E-state index contributed by atoms with van der Waals surface area (Å²) in [5.74, 6) is -1.96. The number of hydrogen-bond acceptors (Lipinski definition) is 10. The molecule has 4 unspecified atom stereocenters. The molecule has 0 amide bonds. The lowest BCUT2D eigenvalue weighted by atomic mass is 10.1. The van der Waals surface area contributed by atoms with Crippen LogP contribution in [0.25, 0.3) is 11.2 Å². The Hall–Kier alpha value is -3.48. The molecule has 0 spiro atoms. The molecule has 3 rings (SSSR count). The number of aromatic amines is 2. The summed E-state index contributed by atoms with van der Waals surface area (Å²) in [7, 11) is 0. The van der Waals surface area contributed by atoms with E-state index in [-0.39, 0.29) is 17.8 Å². The van der Waals surface area contributed by atoms with Crippen LogP contribution in [-0.2, 0) is 33.3 Å². The highest BCUT2D eigenvalue weighted by molar-refractivity contribution is 5.70. The lowest BCUT2D eigenvalue weighted by Gasteiger charge is -2.23. The molecule has 0 aromatic carbocycles. The molecule has 13 nitrogen and oxygen atoms in total. The number of hydrogen-bond donors (Lipinski definition) is 2. The molecule has 1 aliphatic rings. The van der Waals surface area contributed by atoms with Gasteiger partial charge in [-0.3, -0.25) is 33.7 Å². The fourth-order valence-corrected chi connectivity index (χ4v) is 3.06. The van der Waals surface area contributed by atoms with Crippen molar-refractivity contribution in [2.24, 2.45) is 0 Å². The van der Waals surface area contributed by atoms with Crippen molar-refractivity contribution in [3.63, 3.8) is 0 Å². The van der Waals surface area contributed by atoms with E-state index in [1.807, 2.05) is 4.98 Å².